The fraction of sp³-hybridized carbons (Fsp3) is 0.417. The van der Waals surface area contributed by atoms with E-state index in [4.69, 9.17) is 5.11 Å². The van der Waals surface area contributed by atoms with Gasteiger partial charge in [-0.15, -0.1) is 0 Å². The zero-order valence-electron chi connectivity index (χ0n) is 16.4. The first-order valence-electron chi connectivity index (χ1n) is 10.2. The summed E-state index contributed by atoms with van der Waals surface area (Å²) in [6.45, 7) is 2.26. The number of aromatic carboxylic acids is 1. The summed E-state index contributed by atoms with van der Waals surface area (Å²) in [4.78, 5) is 15.3. The zero-order chi connectivity index (χ0) is 19.3. The quantitative estimate of drug-likeness (QED) is 0.331. The molecule has 0 heterocycles. The van der Waals surface area contributed by atoms with Gasteiger partial charge >= 0.3 is 5.97 Å². The molecule has 0 fully saturated rings. The predicted octanol–water partition coefficient (Wildman–Crippen LogP) is 6.82. The van der Waals surface area contributed by atoms with Crippen molar-refractivity contribution < 1.29 is 9.90 Å². The molecule has 0 atom stereocenters. The van der Waals surface area contributed by atoms with Gasteiger partial charge in [0.15, 0.2) is 0 Å². The molecule has 0 saturated heterocycles. The van der Waals surface area contributed by atoms with E-state index in [1.807, 2.05) is 12.1 Å². The van der Waals surface area contributed by atoms with Gasteiger partial charge in [0, 0.05) is 6.21 Å². The summed E-state index contributed by atoms with van der Waals surface area (Å²) < 4.78 is 0. The van der Waals surface area contributed by atoms with E-state index in [1.165, 1.54) is 56.9 Å². The van der Waals surface area contributed by atoms with Crippen LogP contribution in [0.15, 0.2) is 53.5 Å². The van der Waals surface area contributed by atoms with Crippen LogP contribution in [0.5, 0.6) is 0 Å². The molecule has 1 N–H and O–H groups in total. The molecule has 2 rings (SSSR count). The number of unbranched alkanes of at least 4 members (excludes halogenated alkanes) is 7. The van der Waals surface area contributed by atoms with Crippen LogP contribution in [0.25, 0.3) is 0 Å². The van der Waals surface area contributed by atoms with Gasteiger partial charge in [-0.25, -0.2) is 4.79 Å². The van der Waals surface area contributed by atoms with Gasteiger partial charge < -0.3 is 5.11 Å². The summed E-state index contributed by atoms with van der Waals surface area (Å²) in [7, 11) is 0. The highest BCUT2D eigenvalue weighted by atomic mass is 16.4. The highest BCUT2D eigenvalue weighted by Crippen LogP contribution is 2.16. The lowest BCUT2D eigenvalue weighted by atomic mass is 10.0. The number of hydrogen-bond acceptors (Lipinski definition) is 2. The van der Waals surface area contributed by atoms with Gasteiger partial charge in [-0.05, 0) is 48.2 Å². The second-order valence-electron chi connectivity index (χ2n) is 7.08. The molecule has 0 aliphatic heterocycles. The zero-order valence-corrected chi connectivity index (χ0v) is 16.4. The molecule has 2 aromatic carbocycles. The number of hydrogen-bond donors (Lipinski definition) is 1. The first-order valence-corrected chi connectivity index (χ1v) is 10.2. The summed E-state index contributed by atoms with van der Waals surface area (Å²) in [5, 5.41) is 8.91. The summed E-state index contributed by atoms with van der Waals surface area (Å²) >= 11 is 0. The fourth-order valence-electron chi connectivity index (χ4n) is 3.07. The van der Waals surface area contributed by atoms with Crippen molar-refractivity contribution in [2.45, 2.75) is 64.7 Å². The van der Waals surface area contributed by atoms with Gasteiger partial charge in [0.2, 0.25) is 0 Å². The van der Waals surface area contributed by atoms with E-state index in [9.17, 15) is 4.79 Å². The van der Waals surface area contributed by atoms with Gasteiger partial charge in [0.25, 0.3) is 0 Å². The van der Waals surface area contributed by atoms with Crippen molar-refractivity contribution in [3.63, 3.8) is 0 Å². The van der Waals surface area contributed by atoms with Crippen LogP contribution in [0, 0.1) is 0 Å². The van der Waals surface area contributed by atoms with Crippen LogP contribution in [0.4, 0.5) is 5.69 Å². The number of rotatable bonds is 12. The van der Waals surface area contributed by atoms with E-state index < -0.39 is 5.97 Å². The van der Waals surface area contributed by atoms with Gasteiger partial charge in [-0.3, -0.25) is 4.99 Å². The number of aliphatic imine (C=N–C) groups is 1. The Bertz CT molecular complexity index is 702. The van der Waals surface area contributed by atoms with E-state index in [2.05, 4.69) is 24.0 Å². The molecule has 0 bridgehead atoms. The number of carboxylic acid groups (broad SMARTS) is 1. The van der Waals surface area contributed by atoms with Gasteiger partial charge in [0.05, 0.1) is 11.3 Å². The number of carbonyl (C=O) groups is 1. The molecule has 0 amide bonds. The molecule has 0 aromatic heterocycles. The lowest BCUT2D eigenvalue weighted by Gasteiger charge is -2.03. The standard InChI is InChI=1S/C24H31NO2/c1-2-3-4-5-6-7-8-9-10-20-13-17-23(18-14-20)25-19-21-11-15-22(16-12-21)24(26)27/h11-19H,2-10H2,1H3,(H,26,27). The van der Waals surface area contributed by atoms with Crippen molar-refractivity contribution in [2.24, 2.45) is 4.99 Å². The molecule has 0 aliphatic rings. The van der Waals surface area contributed by atoms with Crippen LogP contribution in [0.1, 0.15) is 79.8 Å². The summed E-state index contributed by atoms with van der Waals surface area (Å²) in [5.74, 6) is -0.912. The average molecular weight is 366 g/mol. The van der Waals surface area contributed by atoms with Crippen molar-refractivity contribution in [3.8, 4) is 0 Å². The molecule has 27 heavy (non-hydrogen) atoms. The Labute approximate surface area is 163 Å². The fourth-order valence-corrected chi connectivity index (χ4v) is 3.07. The minimum atomic E-state index is -0.912. The molecule has 3 nitrogen and oxygen atoms in total. The van der Waals surface area contributed by atoms with E-state index in [-0.39, 0.29) is 5.56 Å². The van der Waals surface area contributed by atoms with E-state index in [1.54, 1.807) is 30.5 Å². The SMILES string of the molecule is CCCCCCCCCCc1ccc(N=Cc2ccc(C(=O)O)cc2)cc1. The molecule has 3 heteroatoms. The topological polar surface area (TPSA) is 49.7 Å². The molecule has 0 radical (unpaired) electrons. The van der Waals surface area contributed by atoms with Crippen LogP contribution >= 0.6 is 0 Å². The molecule has 0 unspecified atom stereocenters. The largest absolute Gasteiger partial charge is 0.478 e. The lowest BCUT2D eigenvalue weighted by Crippen LogP contribution is -1.95. The van der Waals surface area contributed by atoms with Crippen molar-refractivity contribution >= 4 is 17.9 Å². The van der Waals surface area contributed by atoms with Crippen LogP contribution in [0.3, 0.4) is 0 Å². The second kappa shape index (κ2) is 12.1. The first-order chi connectivity index (χ1) is 13.2. The van der Waals surface area contributed by atoms with Gasteiger partial charge in [0.1, 0.15) is 0 Å². The number of aryl methyl sites for hydroxylation is 1. The third-order valence-electron chi connectivity index (χ3n) is 4.78. The minimum absolute atomic E-state index is 0.289. The van der Waals surface area contributed by atoms with Crippen molar-refractivity contribution in [1.82, 2.24) is 0 Å². The Kier molecular flexibility index (Phi) is 9.33. The molecular formula is C24H31NO2. The molecule has 2 aromatic rings. The van der Waals surface area contributed by atoms with E-state index in [0.717, 1.165) is 17.7 Å². The van der Waals surface area contributed by atoms with Crippen molar-refractivity contribution in [3.05, 3.63) is 65.2 Å². The number of carboxylic acids is 1. The molecule has 0 aliphatic carbocycles. The summed E-state index contributed by atoms with van der Waals surface area (Å²) in [6, 6.07) is 15.1. The molecular weight excluding hydrogens is 334 g/mol. The Morgan fingerprint density at radius 3 is 2.04 bits per heavy atom. The van der Waals surface area contributed by atoms with E-state index >= 15 is 0 Å². The summed E-state index contributed by atoms with van der Waals surface area (Å²) in [6.07, 6.45) is 13.7. The highest BCUT2D eigenvalue weighted by Gasteiger charge is 2.00. The maximum absolute atomic E-state index is 10.9. The number of nitrogens with zero attached hydrogens (tertiary/aromatic N) is 1. The third-order valence-corrected chi connectivity index (χ3v) is 4.78. The molecule has 0 spiro atoms. The maximum atomic E-state index is 10.9. The smallest absolute Gasteiger partial charge is 0.335 e. The van der Waals surface area contributed by atoms with Crippen LogP contribution in [-0.2, 0) is 6.42 Å². The Morgan fingerprint density at radius 2 is 1.44 bits per heavy atom. The van der Waals surface area contributed by atoms with Crippen molar-refractivity contribution in [1.29, 1.82) is 0 Å². The Morgan fingerprint density at radius 1 is 0.852 bits per heavy atom. The average Bonchev–Trinajstić information content (AvgIpc) is 2.69. The maximum Gasteiger partial charge on any atom is 0.335 e. The summed E-state index contributed by atoms with van der Waals surface area (Å²) in [5.41, 5.74) is 3.46. The van der Waals surface area contributed by atoms with Crippen LogP contribution in [-0.4, -0.2) is 17.3 Å². The van der Waals surface area contributed by atoms with Crippen molar-refractivity contribution in [2.75, 3.05) is 0 Å². The number of benzene rings is 2. The normalized spacial score (nSPS) is 11.1. The lowest BCUT2D eigenvalue weighted by molar-refractivity contribution is 0.0697. The Balaban J connectivity index is 1.70. The van der Waals surface area contributed by atoms with Gasteiger partial charge in [-0.2, -0.15) is 0 Å². The molecule has 0 saturated carbocycles. The highest BCUT2D eigenvalue weighted by molar-refractivity contribution is 5.89. The molecule has 144 valence electrons. The van der Waals surface area contributed by atoms with E-state index in [0.29, 0.717) is 0 Å². The second-order valence-corrected chi connectivity index (χ2v) is 7.08. The minimum Gasteiger partial charge on any atom is -0.478 e. The first kappa shape index (κ1) is 20.9. The Hall–Kier alpha value is -2.42. The van der Waals surface area contributed by atoms with Gasteiger partial charge in [-0.1, -0.05) is 76.1 Å². The van der Waals surface area contributed by atoms with Crippen LogP contribution in [0.2, 0.25) is 0 Å². The monoisotopic (exact) mass is 365 g/mol. The predicted molar refractivity (Wildman–Crippen MR) is 113 cm³/mol. The van der Waals surface area contributed by atoms with Crippen LogP contribution < -0.4 is 0 Å². The third kappa shape index (κ3) is 8.21.